The second-order valence-electron chi connectivity index (χ2n) is 8.54. The first-order valence-corrected chi connectivity index (χ1v) is 13.4. The third-order valence-corrected chi connectivity index (χ3v) is 6.76. The molecule has 0 aliphatic rings. The lowest BCUT2D eigenvalue weighted by Gasteiger charge is -2.14. The van der Waals surface area contributed by atoms with Crippen molar-refractivity contribution in [2.24, 2.45) is 0 Å². The standard InChI is InChI=1S/C31H30N2O6S/c1-5-39-28(34)18-24-19-40-31(32-24)33-30(35)25(15-20-16-26(36-2)29(38-4)27(17-20)37-3)23-13-11-22(12-14-23)21-9-7-6-8-10-21/h6-17,19H,5,18H2,1-4H3,(H,32,33,35). The summed E-state index contributed by atoms with van der Waals surface area (Å²) in [5.41, 5.74) is 4.41. The molecule has 1 heterocycles. The number of hydrogen-bond acceptors (Lipinski definition) is 8. The van der Waals surface area contributed by atoms with Gasteiger partial charge in [0, 0.05) is 11.0 Å². The molecular formula is C31H30N2O6S. The van der Waals surface area contributed by atoms with Gasteiger partial charge in [-0.05, 0) is 47.4 Å². The van der Waals surface area contributed by atoms with Crippen LogP contribution in [0.1, 0.15) is 23.7 Å². The first-order valence-electron chi connectivity index (χ1n) is 12.5. The van der Waals surface area contributed by atoms with Crippen LogP contribution in [-0.4, -0.2) is 44.8 Å². The third kappa shape index (κ3) is 6.86. The number of nitrogens with zero attached hydrogens (tertiary/aromatic N) is 1. The number of benzene rings is 3. The summed E-state index contributed by atoms with van der Waals surface area (Å²) >= 11 is 1.24. The van der Waals surface area contributed by atoms with Gasteiger partial charge in [-0.1, -0.05) is 54.6 Å². The molecule has 0 saturated heterocycles. The predicted molar refractivity (Wildman–Crippen MR) is 157 cm³/mol. The van der Waals surface area contributed by atoms with Gasteiger partial charge in [0.15, 0.2) is 16.6 Å². The number of anilines is 1. The van der Waals surface area contributed by atoms with E-state index in [9.17, 15) is 9.59 Å². The molecule has 1 N–H and O–H groups in total. The average Bonchev–Trinajstić information content (AvgIpc) is 3.42. The lowest BCUT2D eigenvalue weighted by atomic mass is 9.98. The smallest absolute Gasteiger partial charge is 0.311 e. The van der Waals surface area contributed by atoms with Crippen molar-refractivity contribution in [3.63, 3.8) is 0 Å². The van der Waals surface area contributed by atoms with E-state index >= 15 is 0 Å². The Bertz CT molecular complexity index is 1470. The Morgan fingerprint density at radius 2 is 1.55 bits per heavy atom. The van der Waals surface area contributed by atoms with Crippen molar-refractivity contribution >= 4 is 40.0 Å². The highest BCUT2D eigenvalue weighted by molar-refractivity contribution is 7.14. The minimum atomic E-state index is -0.368. The Balaban J connectivity index is 1.70. The van der Waals surface area contributed by atoms with E-state index in [2.05, 4.69) is 10.3 Å². The molecule has 1 aromatic heterocycles. The number of carbonyl (C=O) groups excluding carboxylic acids is 2. The number of amides is 1. The molecule has 0 unspecified atom stereocenters. The summed E-state index contributed by atoms with van der Waals surface area (Å²) < 4.78 is 21.4. The molecule has 0 aliphatic carbocycles. The van der Waals surface area contributed by atoms with Gasteiger partial charge < -0.3 is 18.9 Å². The zero-order valence-corrected chi connectivity index (χ0v) is 23.5. The van der Waals surface area contributed by atoms with E-state index in [0.717, 1.165) is 11.1 Å². The molecule has 206 valence electrons. The normalized spacial score (nSPS) is 11.1. The summed E-state index contributed by atoms with van der Waals surface area (Å²) in [6.07, 6.45) is 1.79. The third-order valence-electron chi connectivity index (χ3n) is 5.95. The molecule has 0 spiro atoms. The lowest BCUT2D eigenvalue weighted by molar-refractivity contribution is -0.142. The fourth-order valence-corrected chi connectivity index (χ4v) is 4.78. The predicted octanol–water partition coefficient (Wildman–Crippen LogP) is 6.12. The molecule has 4 rings (SSSR count). The molecule has 1 amide bonds. The van der Waals surface area contributed by atoms with Gasteiger partial charge >= 0.3 is 5.97 Å². The van der Waals surface area contributed by atoms with Crippen LogP contribution in [0, 0.1) is 0 Å². The Morgan fingerprint density at radius 1 is 0.900 bits per heavy atom. The Kier molecular flexibility index (Phi) is 9.53. The summed E-state index contributed by atoms with van der Waals surface area (Å²) in [5, 5.41) is 4.98. The van der Waals surface area contributed by atoms with Gasteiger partial charge in [0.25, 0.3) is 5.91 Å². The minimum absolute atomic E-state index is 0.0370. The van der Waals surface area contributed by atoms with Crippen molar-refractivity contribution in [3.05, 3.63) is 88.9 Å². The van der Waals surface area contributed by atoms with Crippen LogP contribution < -0.4 is 19.5 Å². The van der Waals surface area contributed by atoms with E-state index < -0.39 is 0 Å². The minimum Gasteiger partial charge on any atom is -0.493 e. The fourth-order valence-electron chi connectivity index (χ4n) is 4.07. The number of esters is 1. The van der Waals surface area contributed by atoms with Gasteiger partial charge in [0.05, 0.1) is 40.1 Å². The Labute approximate surface area is 237 Å². The zero-order chi connectivity index (χ0) is 28.5. The molecule has 4 aromatic rings. The molecule has 0 fully saturated rings. The highest BCUT2D eigenvalue weighted by atomic mass is 32.1. The first-order chi connectivity index (χ1) is 19.4. The van der Waals surface area contributed by atoms with Crippen LogP contribution in [-0.2, 0) is 20.7 Å². The second-order valence-corrected chi connectivity index (χ2v) is 9.40. The largest absolute Gasteiger partial charge is 0.493 e. The second kappa shape index (κ2) is 13.4. The van der Waals surface area contributed by atoms with E-state index in [1.165, 1.54) is 32.7 Å². The van der Waals surface area contributed by atoms with Crippen molar-refractivity contribution < 1.29 is 28.5 Å². The lowest BCUT2D eigenvalue weighted by Crippen LogP contribution is -2.14. The van der Waals surface area contributed by atoms with E-state index in [1.807, 2.05) is 54.6 Å². The average molecular weight is 559 g/mol. The molecule has 9 heteroatoms. The number of rotatable bonds is 11. The monoisotopic (exact) mass is 558 g/mol. The molecule has 0 bridgehead atoms. The molecule has 40 heavy (non-hydrogen) atoms. The van der Waals surface area contributed by atoms with Crippen molar-refractivity contribution in [2.45, 2.75) is 13.3 Å². The number of hydrogen-bond donors (Lipinski definition) is 1. The molecule has 0 aliphatic heterocycles. The number of methoxy groups -OCH3 is 3. The van der Waals surface area contributed by atoms with Crippen LogP contribution in [0.4, 0.5) is 5.13 Å². The van der Waals surface area contributed by atoms with Crippen molar-refractivity contribution in [1.82, 2.24) is 4.98 Å². The van der Waals surface area contributed by atoms with Crippen LogP contribution in [0.5, 0.6) is 17.2 Å². The number of ether oxygens (including phenoxy) is 4. The maximum atomic E-state index is 13.6. The van der Waals surface area contributed by atoms with Crippen LogP contribution in [0.15, 0.2) is 72.1 Å². The first kappa shape index (κ1) is 28.4. The van der Waals surface area contributed by atoms with E-state index in [4.69, 9.17) is 18.9 Å². The summed E-state index contributed by atoms with van der Waals surface area (Å²) in [6, 6.07) is 21.3. The molecular weight excluding hydrogens is 528 g/mol. The SMILES string of the molecule is CCOC(=O)Cc1csc(NC(=O)C(=Cc2cc(OC)c(OC)c(OC)c2)c2ccc(-c3ccccc3)cc2)n1. The van der Waals surface area contributed by atoms with Gasteiger partial charge in [-0.3, -0.25) is 14.9 Å². The van der Waals surface area contributed by atoms with Crippen molar-refractivity contribution in [3.8, 4) is 28.4 Å². The molecule has 0 radical (unpaired) electrons. The van der Waals surface area contributed by atoms with E-state index in [0.29, 0.717) is 51.4 Å². The number of aromatic nitrogens is 1. The van der Waals surface area contributed by atoms with Crippen LogP contribution in [0.25, 0.3) is 22.8 Å². The van der Waals surface area contributed by atoms with Crippen LogP contribution in [0.3, 0.4) is 0 Å². The van der Waals surface area contributed by atoms with Gasteiger partial charge in [-0.25, -0.2) is 4.98 Å². The van der Waals surface area contributed by atoms with Gasteiger partial charge in [-0.15, -0.1) is 11.3 Å². The quantitative estimate of drug-likeness (QED) is 0.135. The molecule has 3 aromatic carbocycles. The van der Waals surface area contributed by atoms with Gasteiger partial charge in [-0.2, -0.15) is 0 Å². The Morgan fingerprint density at radius 3 is 2.15 bits per heavy atom. The number of carbonyl (C=O) groups is 2. The summed E-state index contributed by atoms with van der Waals surface area (Å²) in [4.78, 5) is 29.9. The van der Waals surface area contributed by atoms with Crippen LogP contribution >= 0.6 is 11.3 Å². The molecule has 0 saturated carbocycles. The maximum Gasteiger partial charge on any atom is 0.311 e. The summed E-state index contributed by atoms with van der Waals surface area (Å²) in [6.45, 7) is 2.05. The van der Waals surface area contributed by atoms with Gasteiger partial charge in [0.2, 0.25) is 5.75 Å². The summed E-state index contributed by atoms with van der Waals surface area (Å²) in [5.74, 6) is 0.661. The molecule has 8 nitrogen and oxygen atoms in total. The summed E-state index contributed by atoms with van der Waals surface area (Å²) in [7, 11) is 4.61. The molecule has 0 atom stereocenters. The van der Waals surface area contributed by atoms with Crippen molar-refractivity contribution in [2.75, 3.05) is 33.3 Å². The zero-order valence-electron chi connectivity index (χ0n) is 22.7. The highest BCUT2D eigenvalue weighted by Crippen LogP contribution is 2.39. The van der Waals surface area contributed by atoms with E-state index in [1.54, 1.807) is 30.5 Å². The van der Waals surface area contributed by atoms with Crippen molar-refractivity contribution in [1.29, 1.82) is 0 Å². The fraction of sp³-hybridized carbons (Fsp3) is 0.194. The number of thiazole rings is 1. The highest BCUT2D eigenvalue weighted by Gasteiger charge is 2.18. The van der Waals surface area contributed by atoms with E-state index in [-0.39, 0.29) is 18.3 Å². The Hall–Kier alpha value is -4.63. The van der Waals surface area contributed by atoms with Gasteiger partial charge in [0.1, 0.15) is 0 Å². The number of nitrogens with one attached hydrogen (secondary N) is 1. The topological polar surface area (TPSA) is 96.0 Å². The maximum absolute atomic E-state index is 13.6. The van der Waals surface area contributed by atoms with Crippen LogP contribution in [0.2, 0.25) is 0 Å².